The number of para-hydroxylation sites is 1. The van der Waals surface area contributed by atoms with Crippen molar-refractivity contribution in [1.82, 2.24) is 5.32 Å². The van der Waals surface area contributed by atoms with E-state index in [1.54, 1.807) is 0 Å². The van der Waals surface area contributed by atoms with Gasteiger partial charge in [-0.05, 0) is 50.2 Å². The summed E-state index contributed by atoms with van der Waals surface area (Å²) in [6.07, 6.45) is 3.67. The third-order valence-electron chi connectivity index (χ3n) is 4.00. The average molecular weight is 291 g/mol. The molecule has 1 aliphatic carbocycles. The first-order chi connectivity index (χ1) is 10.2. The summed E-state index contributed by atoms with van der Waals surface area (Å²) in [7, 11) is 0. The van der Waals surface area contributed by atoms with Gasteiger partial charge >= 0.3 is 0 Å². The normalized spacial score (nSPS) is 21.2. The van der Waals surface area contributed by atoms with E-state index >= 15 is 0 Å². The number of rotatable bonds is 7. The summed E-state index contributed by atoms with van der Waals surface area (Å²) < 4.78 is 5.56. The molecule has 2 atom stereocenters. The van der Waals surface area contributed by atoms with E-state index in [9.17, 15) is 9.90 Å². The Balaban J connectivity index is 1.73. The van der Waals surface area contributed by atoms with Crippen LogP contribution in [0.2, 0.25) is 0 Å². The van der Waals surface area contributed by atoms with Crippen LogP contribution in [0, 0.1) is 5.92 Å². The number of hydrogen-bond acceptors (Lipinski definition) is 3. The molecule has 0 aliphatic heterocycles. The molecule has 21 heavy (non-hydrogen) atoms. The highest BCUT2D eigenvalue weighted by atomic mass is 16.5. The first-order valence-electron chi connectivity index (χ1n) is 7.84. The zero-order chi connectivity index (χ0) is 15.1. The predicted molar refractivity (Wildman–Crippen MR) is 82.3 cm³/mol. The lowest BCUT2D eigenvalue weighted by Crippen LogP contribution is -2.28. The fourth-order valence-electron chi connectivity index (χ4n) is 2.84. The topological polar surface area (TPSA) is 58.6 Å². The van der Waals surface area contributed by atoms with Gasteiger partial charge in [-0.15, -0.1) is 0 Å². The second kappa shape index (κ2) is 8.03. The number of ether oxygens (including phenoxy) is 1. The van der Waals surface area contributed by atoms with Gasteiger partial charge < -0.3 is 15.2 Å². The van der Waals surface area contributed by atoms with Crippen molar-refractivity contribution in [3.8, 4) is 5.75 Å². The van der Waals surface area contributed by atoms with Crippen molar-refractivity contribution in [2.24, 2.45) is 5.92 Å². The van der Waals surface area contributed by atoms with Crippen LogP contribution in [0.25, 0.3) is 0 Å². The summed E-state index contributed by atoms with van der Waals surface area (Å²) in [5, 5.41) is 12.4. The molecule has 2 rings (SSSR count). The Hall–Kier alpha value is -1.55. The summed E-state index contributed by atoms with van der Waals surface area (Å²) in [4.78, 5) is 11.9. The molecule has 4 nitrogen and oxygen atoms in total. The van der Waals surface area contributed by atoms with Crippen molar-refractivity contribution >= 4 is 5.91 Å². The van der Waals surface area contributed by atoms with Gasteiger partial charge in [-0.1, -0.05) is 18.2 Å². The fraction of sp³-hybridized carbons (Fsp3) is 0.588. The molecule has 0 spiro atoms. The second-order valence-corrected chi connectivity index (χ2v) is 5.68. The number of hydrogen-bond donors (Lipinski definition) is 2. The molecule has 0 aromatic heterocycles. The predicted octanol–water partition coefficient (Wildman–Crippen LogP) is 2.30. The zero-order valence-electron chi connectivity index (χ0n) is 12.7. The van der Waals surface area contributed by atoms with Crippen molar-refractivity contribution in [3.05, 3.63) is 29.8 Å². The number of carbonyl (C=O) groups is 1. The van der Waals surface area contributed by atoms with E-state index < -0.39 is 0 Å². The van der Waals surface area contributed by atoms with Crippen LogP contribution >= 0.6 is 0 Å². The van der Waals surface area contributed by atoms with Gasteiger partial charge in [0.2, 0.25) is 5.91 Å². The third-order valence-corrected chi connectivity index (χ3v) is 4.00. The fourth-order valence-corrected chi connectivity index (χ4v) is 2.84. The molecule has 2 unspecified atom stereocenters. The van der Waals surface area contributed by atoms with Crippen molar-refractivity contribution in [2.45, 2.75) is 45.1 Å². The molecule has 116 valence electrons. The molecule has 1 saturated carbocycles. The maximum Gasteiger partial charge on any atom is 0.220 e. The van der Waals surface area contributed by atoms with Gasteiger partial charge in [-0.2, -0.15) is 0 Å². The van der Waals surface area contributed by atoms with Crippen LogP contribution < -0.4 is 10.1 Å². The van der Waals surface area contributed by atoms with Crippen molar-refractivity contribution < 1.29 is 14.6 Å². The minimum atomic E-state index is -0.176. The summed E-state index contributed by atoms with van der Waals surface area (Å²) in [6, 6.07) is 7.86. The van der Waals surface area contributed by atoms with Crippen LogP contribution in [0.1, 0.15) is 38.2 Å². The Morgan fingerprint density at radius 2 is 2.19 bits per heavy atom. The van der Waals surface area contributed by atoms with Crippen LogP contribution in [0.15, 0.2) is 24.3 Å². The first kappa shape index (κ1) is 15.8. The van der Waals surface area contributed by atoms with Crippen molar-refractivity contribution in [1.29, 1.82) is 0 Å². The van der Waals surface area contributed by atoms with E-state index in [2.05, 4.69) is 5.32 Å². The number of aryl methyl sites for hydroxylation is 1. The van der Waals surface area contributed by atoms with Gasteiger partial charge in [-0.25, -0.2) is 0 Å². The van der Waals surface area contributed by atoms with Gasteiger partial charge in [0.25, 0.3) is 0 Å². The third kappa shape index (κ3) is 5.05. The number of nitrogens with one attached hydrogen (secondary N) is 1. The minimum Gasteiger partial charge on any atom is -0.494 e. The number of aliphatic hydroxyl groups excluding tert-OH is 1. The summed E-state index contributed by atoms with van der Waals surface area (Å²) in [6.45, 7) is 3.27. The Morgan fingerprint density at radius 3 is 2.90 bits per heavy atom. The smallest absolute Gasteiger partial charge is 0.220 e. The average Bonchev–Trinajstić information content (AvgIpc) is 2.90. The van der Waals surface area contributed by atoms with E-state index in [0.29, 0.717) is 31.9 Å². The lowest BCUT2D eigenvalue weighted by atomic mass is 10.1. The van der Waals surface area contributed by atoms with Crippen LogP contribution in [0.5, 0.6) is 5.75 Å². The van der Waals surface area contributed by atoms with Gasteiger partial charge in [0, 0.05) is 13.0 Å². The Bertz CT molecular complexity index is 461. The molecule has 1 aliphatic rings. The van der Waals surface area contributed by atoms with Gasteiger partial charge in [0.05, 0.1) is 12.7 Å². The molecule has 4 heteroatoms. The SMILES string of the molecule is CCOc1ccccc1CCC(=O)NCC1CCC(O)C1. The molecule has 0 heterocycles. The monoisotopic (exact) mass is 291 g/mol. The lowest BCUT2D eigenvalue weighted by molar-refractivity contribution is -0.121. The summed E-state index contributed by atoms with van der Waals surface area (Å²) in [5.41, 5.74) is 1.07. The minimum absolute atomic E-state index is 0.0719. The largest absolute Gasteiger partial charge is 0.494 e. The second-order valence-electron chi connectivity index (χ2n) is 5.68. The van der Waals surface area contributed by atoms with Crippen LogP contribution in [-0.4, -0.2) is 30.3 Å². The van der Waals surface area contributed by atoms with E-state index in [1.807, 2.05) is 31.2 Å². The van der Waals surface area contributed by atoms with E-state index in [-0.39, 0.29) is 12.0 Å². The number of benzene rings is 1. The van der Waals surface area contributed by atoms with Crippen LogP contribution in [0.4, 0.5) is 0 Å². The maximum atomic E-state index is 11.9. The van der Waals surface area contributed by atoms with Gasteiger partial charge in [-0.3, -0.25) is 4.79 Å². The van der Waals surface area contributed by atoms with Gasteiger partial charge in [0.1, 0.15) is 5.75 Å². The maximum absolute atomic E-state index is 11.9. The Labute approximate surface area is 126 Å². The number of amides is 1. The molecule has 1 aromatic carbocycles. The van der Waals surface area contributed by atoms with Gasteiger partial charge in [0.15, 0.2) is 0 Å². The van der Waals surface area contributed by atoms with Crippen molar-refractivity contribution in [3.63, 3.8) is 0 Å². The highest BCUT2D eigenvalue weighted by Gasteiger charge is 2.22. The number of aliphatic hydroxyl groups is 1. The Morgan fingerprint density at radius 1 is 1.38 bits per heavy atom. The molecule has 1 aromatic rings. The Kier molecular flexibility index (Phi) is 6.05. The van der Waals surface area contributed by atoms with Crippen molar-refractivity contribution in [2.75, 3.05) is 13.2 Å². The molecule has 0 radical (unpaired) electrons. The quantitative estimate of drug-likeness (QED) is 0.810. The van der Waals surface area contributed by atoms with Crippen LogP contribution in [0.3, 0.4) is 0 Å². The molecular formula is C17H25NO3. The molecule has 1 fully saturated rings. The number of carbonyl (C=O) groups excluding carboxylic acids is 1. The highest BCUT2D eigenvalue weighted by Crippen LogP contribution is 2.24. The standard InChI is InChI=1S/C17H25NO3/c1-2-21-16-6-4-3-5-14(16)8-10-17(20)18-12-13-7-9-15(19)11-13/h3-6,13,15,19H,2,7-12H2,1H3,(H,18,20). The van der Waals surface area contributed by atoms with E-state index in [1.165, 1.54) is 0 Å². The molecule has 2 N–H and O–H groups in total. The first-order valence-corrected chi connectivity index (χ1v) is 7.84. The van der Waals surface area contributed by atoms with Crippen LogP contribution in [-0.2, 0) is 11.2 Å². The lowest BCUT2D eigenvalue weighted by Gasteiger charge is -2.12. The molecule has 0 bridgehead atoms. The summed E-state index contributed by atoms with van der Waals surface area (Å²) >= 11 is 0. The van der Waals surface area contributed by atoms with E-state index in [0.717, 1.165) is 30.6 Å². The molecule has 0 saturated heterocycles. The van der Waals surface area contributed by atoms with E-state index in [4.69, 9.17) is 4.74 Å². The highest BCUT2D eigenvalue weighted by molar-refractivity contribution is 5.76. The molecular weight excluding hydrogens is 266 g/mol. The zero-order valence-corrected chi connectivity index (χ0v) is 12.7. The summed E-state index contributed by atoms with van der Waals surface area (Å²) in [5.74, 6) is 1.37. The molecule has 1 amide bonds.